The minimum absolute atomic E-state index is 0.0393. The third-order valence-electron chi connectivity index (χ3n) is 6.82. The van der Waals surface area contributed by atoms with Crippen LogP contribution in [0.25, 0.3) is 15.9 Å². The lowest BCUT2D eigenvalue weighted by molar-refractivity contribution is 0.218. The molecule has 0 spiro atoms. The molecule has 0 N–H and O–H groups in total. The van der Waals surface area contributed by atoms with Gasteiger partial charge in [-0.15, -0.1) is 11.3 Å². The SMILES string of the molecule is COc1ccc(-n2c(SCc3ccccc3)nc3sc4c(c3c2=O)CC[C@@H](C(C)(C)C)C4)cc1. The molecule has 0 saturated heterocycles. The predicted molar refractivity (Wildman–Crippen MR) is 143 cm³/mol. The molecule has 34 heavy (non-hydrogen) atoms. The predicted octanol–water partition coefficient (Wildman–Crippen LogP) is 6.90. The van der Waals surface area contributed by atoms with Gasteiger partial charge in [-0.25, -0.2) is 4.98 Å². The Bertz CT molecular complexity index is 1370. The van der Waals surface area contributed by atoms with Crippen LogP contribution in [0.2, 0.25) is 0 Å². The molecular formula is C28H30N2O2S2. The van der Waals surface area contributed by atoms with E-state index in [1.54, 1.807) is 34.8 Å². The third-order valence-corrected chi connectivity index (χ3v) is 8.98. The Balaban J connectivity index is 1.63. The number of benzene rings is 2. The van der Waals surface area contributed by atoms with Gasteiger partial charge in [-0.3, -0.25) is 9.36 Å². The van der Waals surface area contributed by atoms with E-state index in [0.29, 0.717) is 5.92 Å². The molecule has 0 fully saturated rings. The molecular weight excluding hydrogens is 460 g/mol. The molecule has 1 aliphatic rings. The Morgan fingerprint density at radius 1 is 1.12 bits per heavy atom. The van der Waals surface area contributed by atoms with E-state index in [2.05, 4.69) is 32.9 Å². The molecule has 0 amide bonds. The topological polar surface area (TPSA) is 44.1 Å². The molecule has 4 nitrogen and oxygen atoms in total. The number of rotatable bonds is 5. The Kier molecular flexibility index (Phi) is 6.30. The minimum Gasteiger partial charge on any atom is -0.497 e. The van der Waals surface area contributed by atoms with Crippen LogP contribution in [-0.2, 0) is 18.6 Å². The zero-order chi connectivity index (χ0) is 23.9. The number of hydrogen-bond donors (Lipinski definition) is 0. The highest BCUT2D eigenvalue weighted by Gasteiger charge is 2.32. The van der Waals surface area contributed by atoms with Gasteiger partial charge in [0, 0.05) is 10.6 Å². The van der Waals surface area contributed by atoms with Crippen molar-refractivity contribution < 1.29 is 4.74 Å². The Morgan fingerprint density at radius 2 is 1.85 bits per heavy atom. The van der Waals surface area contributed by atoms with Crippen molar-refractivity contribution in [1.29, 1.82) is 0 Å². The Labute approximate surface area is 209 Å². The van der Waals surface area contributed by atoms with Crippen LogP contribution in [0.4, 0.5) is 0 Å². The van der Waals surface area contributed by atoms with E-state index in [9.17, 15) is 4.79 Å². The fraction of sp³-hybridized carbons (Fsp3) is 0.357. The van der Waals surface area contributed by atoms with Gasteiger partial charge < -0.3 is 4.74 Å². The molecule has 1 atom stereocenters. The van der Waals surface area contributed by atoms with Gasteiger partial charge in [0.1, 0.15) is 10.6 Å². The lowest BCUT2D eigenvalue weighted by atomic mass is 9.72. The number of thiophene rings is 1. The third kappa shape index (κ3) is 4.41. The number of hydrogen-bond acceptors (Lipinski definition) is 5. The van der Waals surface area contributed by atoms with E-state index >= 15 is 0 Å². The number of nitrogens with zero attached hydrogens (tertiary/aromatic N) is 2. The number of aryl methyl sites for hydroxylation is 1. The van der Waals surface area contributed by atoms with Gasteiger partial charge in [0.25, 0.3) is 5.56 Å². The molecule has 0 saturated carbocycles. The van der Waals surface area contributed by atoms with Crippen molar-refractivity contribution >= 4 is 33.3 Å². The first-order valence-electron chi connectivity index (χ1n) is 11.7. The first-order chi connectivity index (χ1) is 16.3. The van der Waals surface area contributed by atoms with Crippen LogP contribution in [0, 0.1) is 11.3 Å². The second-order valence-electron chi connectivity index (χ2n) is 10.00. The molecule has 6 heteroatoms. The monoisotopic (exact) mass is 490 g/mol. The average molecular weight is 491 g/mol. The summed E-state index contributed by atoms with van der Waals surface area (Å²) in [7, 11) is 1.65. The maximum Gasteiger partial charge on any atom is 0.267 e. The summed E-state index contributed by atoms with van der Waals surface area (Å²) in [6.45, 7) is 6.97. The summed E-state index contributed by atoms with van der Waals surface area (Å²) in [4.78, 5) is 21.3. The molecule has 2 heterocycles. The summed E-state index contributed by atoms with van der Waals surface area (Å²) in [5.41, 5.74) is 3.55. The zero-order valence-corrected chi connectivity index (χ0v) is 21.8. The molecule has 2 aromatic heterocycles. The summed E-state index contributed by atoms with van der Waals surface area (Å²) < 4.78 is 7.12. The van der Waals surface area contributed by atoms with Crippen LogP contribution in [0.3, 0.4) is 0 Å². The van der Waals surface area contributed by atoms with Crippen molar-refractivity contribution in [3.8, 4) is 11.4 Å². The first-order valence-corrected chi connectivity index (χ1v) is 13.5. The average Bonchev–Trinajstić information content (AvgIpc) is 3.21. The normalized spacial score (nSPS) is 15.9. The van der Waals surface area contributed by atoms with Gasteiger partial charge in [-0.05, 0) is 66.0 Å². The molecule has 0 aliphatic heterocycles. The van der Waals surface area contributed by atoms with Crippen molar-refractivity contribution in [2.24, 2.45) is 11.3 Å². The highest BCUT2D eigenvalue weighted by molar-refractivity contribution is 7.98. The van der Waals surface area contributed by atoms with Crippen molar-refractivity contribution in [2.75, 3.05) is 7.11 Å². The fourth-order valence-electron chi connectivity index (χ4n) is 4.72. The number of fused-ring (bicyclic) bond motifs is 3. The largest absolute Gasteiger partial charge is 0.497 e. The van der Waals surface area contributed by atoms with Gasteiger partial charge in [0.2, 0.25) is 0 Å². The fourth-order valence-corrected chi connectivity index (χ4v) is 7.03. The van der Waals surface area contributed by atoms with Gasteiger partial charge >= 0.3 is 0 Å². The van der Waals surface area contributed by atoms with E-state index in [0.717, 1.165) is 51.8 Å². The first kappa shape index (κ1) is 23.2. The molecule has 5 rings (SSSR count). The number of thioether (sulfide) groups is 1. The molecule has 4 aromatic rings. The number of methoxy groups -OCH3 is 1. The second kappa shape index (κ2) is 9.23. The lowest BCUT2D eigenvalue weighted by Gasteiger charge is -2.33. The quantitative estimate of drug-likeness (QED) is 0.225. The number of ether oxygens (including phenoxy) is 1. The van der Waals surface area contributed by atoms with E-state index < -0.39 is 0 Å². The zero-order valence-electron chi connectivity index (χ0n) is 20.1. The van der Waals surface area contributed by atoms with E-state index in [1.807, 2.05) is 42.5 Å². The summed E-state index contributed by atoms with van der Waals surface area (Å²) in [5, 5.41) is 1.55. The maximum absolute atomic E-state index is 14.0. The highest BCUT2D eigenvalue weighted by atomic mass is 32.2. The standard InChI is InChI=1S/C28H30N2O2S2/c1-28(2,3)19-10-15-22-23(16-19)34-25-24(22)26(31)30(20-11-13-21(32-4)14-12-20)27(29-25)33-17-18-8-6-5-7-9-18/h5-9,11-14,19H,10,15-17H2,1-4H3/t19-/m1/s1. The van der Waals surface area contributed by atoms with Crippen LogP contribution in [0.5, 0.6) is 5.75 Å². The van der Waals surface area contributed by atoms with Crippen molar-refractivity contribution in [2.45, 2.75) is 50.9 Å². The Hall–Kier alpha value is -2.57. The highest BCUT2D eigenvalue weighted by Crippen LogP contribution is 2.42. The lowest BCUT2D eigenvalue weighted by Crippen LogP contribution is -2.27. The summed E-state index contributed by atoms with van der Waals surface area (Å²) in [6.07, 6.45) is 3.11. The number of aromatic nitrogens is 2. The second-order valence-corrected chi connectivity index (χ2v) is 12.0. The van der Waals surface area contributed by atoms with Gasteiger partial charge in [-0.1, -0.05) is 62.9 Å². The van der Waals surface area contributed by atoms with Crippen molar-refractivity contribution in [3.05, 3.63) is 81.0 Å². The van der Waals surface area contributed by atoms with Crippen LogP contribution >= 0.6 is 23.1 Å². The van der Waals surface area contributed by atoms with Gasteiger partial charge in [0.05, 0.1) is 18.2 Å². The van der Waals surface area contributed by atoms with Crippen molar-refractivity contribution in [1.82, 2.24) is 9.55 Å². The van der Waals surface area contributed by atoms with Crippen LogP contribution in [0.15, 0.2) is 64.5 Å². The molecule has 1 aliphatic carbocycles. The molecule has 0 radical (unpaired) electrons. The summed E-state index contributed by atoms with van der Waals surface area (Å²) in [5.74, 6) is 2.15. The minimum atomic E-state index is 0.0393. The smallest absolute Gasteiger partial charge is 0.267 e. The van der Waals surface area contributed by atoms with Crippen molar-refractivity contribution in [3.63, 3.8) is 0 Å². The summed E-state index contributed by atoms with van der Waals surface area (Å²) >= 11 is 3.33. The van der Waals surface area contributed by atoms with E-state index in [4.69, 9.17) is 9.72 Å². The molecule has 0 unspecified atom stereocenters. The Morgan fingerprint density at radius 3 is 2.53 bits per heavy atom. The van der Waals surface area contributed by atoms with Crippen LogP contribution < -0.4 is 10.3 Å². The molecule has 2 aromatic carbocycles. The molecule has 176 valence electrons. The summed E-state index contributed by atoms with van der Waals surface area (Å²) in [6, 6.07) is 18.0. The molecule has 0 bridgehead atoms. The maximum atomic E-state index is 14.0. The van der Waals surface area contributed by atoms with Crippen LogP contribution in [-0.4, -0.2) is 16.7 Å². The van der Waals surface area contributed by atoms with Gasteiger partial charge in [0.15, 0.2) is 5.16 Å². The van der Waals surface area contributed by atoms with E-state index in [1.165, 1.54) is 16.0 Å². The van der Waals surface area contributed by atoms with Crippen LogP contribution in [0.1, 0.15) is 43.2 Å². The van der Waals surface area contributed by atoms with Gasteiger partial charge in [-0.2, -0.15) is 0 Å². The van der Waals surface area contributed by atoms with E-state index in [-0.39, 0.29) is 11.0 Å².